The quantitative estimate of drug-likeness (QED) is 0.534. The number of nitrogens with one attached hydrogen (secondary N) is 1. The number of hydrogen-bond acceptors (Lipinski definition) is 5. The molecular weight excluding hydrogens is 362 g/mol. The Morgan fingerprint density at radius 3 is 2.76 bits per heavy atom. The first-order chi connectivity index (χ1) is 14.2. The summed E-state index contributed by atoms with van der Waals surface area (Å²) in [5.74, 6) is -0.275. The average molecular weight is 377 g/mol. The molecule has 0 aliphatic carbocycles. The summed E-state index contributed by atoms with van der Waals surface area (Å²) in [7, 11) is 0. The van der Waals surface area contributed by atoms with Crippen LogP contribution in [0.3, 0.4) is 0 Å². The van der Waals surface area contributed by atoms with Gasteiger partial charge in [0.05, 0.1) is 11.1 Å². The number of carbonyl (C=O) groups excluding carboxylic acids is 1. The van der Waals surface area contributed by atoms with E-state index in [1.54, 1.807) is 18.5 Å². The SMILES string of the molecule is C=CC(=O)Nc1cccc(-c2cc(-c3cncc(C#N)c3)cc3cncnc23)c1. The Morgan fingerprint density at radius 2 is 1.93 bits per heavy atom. The fourth-order valence-corrected chi connectivity index (χ4v) is 3.11. The van der Waals surface area contributed by atoms with Crippen molar-refractivity contribution in [2.24, 2.45) is 0 Å². The van der Waals surface area contributed by atoms with Crippen LogP contribution in [0.15, 0.2) is 80.0 Å². The molecule has 0 bridgehead atoms. The monoisotopic (exact) mass is 377 g/mol. The van der Waals surface area contributed by atoms with Gasteiger partial charge in [-0.05, 0) is 47.5 Å². The van der Waals surface area contributed by atoms with Crippen molar-refractivity contribution < 1.29 is 4.79 Å². The molecule has 0 aliphatic heterocycles. The molecule has 6 nitrogen and oxygen atoms in total. The van der Waals surface area contributed by atoms with Crippen LogP contribution in [0.25, 0.3) is 33.2 Å². The zero-order chi connectivity index (χ0) is 20.2. The van der Waals surface area contributed by atoms with Crippen LogP contribution in [-0.2, 0) is 4.79 Å². The standard InChI is InChI=1S/C23H15N5O/c1-2-22(29)28-20-5-3-4-16(8-20)21-9-17(7-19-13-26-14-27-23(19)21)18-6-15(10-24)11-25-12-18/h2-9,11-14H,1H2,(H,28,29). The van der Waals surface area contributed by atoms with E-state index in [-0.39, 0.29) is 5.91 Å². The first-order valence-electron chi connectivity index (χ1n) is 8.81. The maximum absolute atomic E-state index is 11.7. The molecule has 0 fully saturated rings. The molecule has 0 saturated carbocycles. The number of fused-ring (bicyclic) bond motifs is 1. The van der Waals surface area contributed by atoms with Crippen LogP contribution in [0, 0.1) is 11.3 Å². The molecule has 138 valence electrons. The van der Waals surface area contributed by atoms with Gasteiger partial charge < -0.3 is 5.32 Å². The van der Waals surface area contributed by atoms with Crippen molar-refractivity contribution in [2.75, 3.05) is 5.32 Å². The van der Waals surface area contributed by atoms with E-state index in [1.807, 2.05) is 36.4 Å². The Labute approximate surface area is 167 Å². The third-order valence-electron chi connectivity index (χ3n) is 4.43. The van der Waals surface area contributed by atoms with E-state index >= 15 is 0 Å². The number of rotatable bonds is 4. The van der Waals surface area contributed by atoms with Gasteiger partial charge in [0.15, 0.2) is 0 Å². The Kier molecular flexibility index (Phi) is 4.79. The molecule has 0 saturated heterocycles. The highest BCUT2D eigenvalue weighted by Crippen LogP contribution is 2.33. The second-order valence-corrected chi connectivity index (χ2v) is 6.33. The number of hydrogen-bond donors (Lipinski definition) is 1. The summed E-state index contributed by atoms with van der Waals surface area (Å²) in [6.07, 6.45) is 7.73. The Bertz CT molecular complexity index is 1290. The minimum absolute atomic E-state index is 0.275. The van der Waals surface area contributed by atoms with Crippen LogP contribution in [-0.4, -0.2) is 20.9 Å². The molecule has 0 atom stereocenters. The Hall–Kier alpha value is -4.37. The normalized spacial score (nSPS) is 10.3. The highest BCUT2D eigenvalue weighted by Gasteiger charge is 2.11. The third-order valence-corrected chi connectivity index (χ3v) is 4.43. The van der Waals surface area contributed by atoms with Gasteiger partial charge in [0.2, 0.25) is 5.91 Å². The van der Waals surface area contributed by atoms with Gasteiger partial charge >= 0.3 is 0 Å². The number of amides is 1. The zero-order valence-corrected chi connectivity index (χ0v) is 15.3. The smallest absolute Gasteiger partial charge is 0.247 e. The van der Waals surface area contributed by atoms with Crippen molar-refractivity contribution in [3.63, 3.8) is 0 Å². The number of anilines is 1. The highest BCUT2D eigenvalue weighted by molar-refractivity contribution is 6.01. The minimum atomic E-state index is -0.275. The van der Waals surface area contributed by atoms with Crippen LogP contribution >= 0.6 is 0 Å². The number of nitriles is 1. The van der Waals surface area contributed by atoms with Crippen molar-refractivity contribution in [1.29, 1.82) is 5.26 Å². The van der Waals surface area contributed by atoms with Gasteiger partial charge in [0.25, 0.3) is 0 Å². The summed E-state index contributed by atoms with van der Waals surface area (Å²) in [6.45, 7) is 3.48. The lowest BCUT2D eigenvalue weighted by molar-refractivity contribution is -0.111. The molecule has 2 aromatic heterocycles. The van der Waals surface area contributed by atoms with E-state index in [4.69, 9.17) is 0 Å². The van der Waals surface area contributed by atoms with Gasteiger partial charge in [-0.2, -0.15) is 5.26 Å². The Balaban J connectivity index is 1.90. The molecule has 1 amide bonds. The molecule has 0 radical (unpaired) electrons. The molecule has 29 heavy (non-hydrogen) atoms. The lowest BCUT2D eigenvalue weighted by Crippen LogP contribution is -2.07. The van der Waals surface area contributed by atoms with Crippen LogP contribution in [0.1, 0.15) is 5.56 Å². The molecule has 4 aromatic rings. The van der Waals surface area contributed by atoms with Crippen LogP contribution in [0.2, 0.25) is 0 Å². The number of benzene rings is 2. The molecule has 2 heterocycles. The topological polar surface area (TPSA) is 91.6 Å². The summed E-state index contributed by atoms with van der Waals surface area (Å²) in [4.78, 5) is 24.4. The third kappa shape index (κ3) is 3.70. The van der Waals surface area contributed by atoms with E-state index in [1.165, 1.54) is 18.6 Å². The van der Waals surface area contributed by atoms with E-state index in [0.29, 0.717) is 11.3 Å². The van der Waals surface area contributed by atoms with Crippen molar-refractivity contribution in [1.82, 2.24) is 15.0 Å². The van der Waals surface area contributed by atoms with E-state index in [2.05, 4.69) is 32.9 Å². The molecule has 1 N–H and O–H groups in total. The number of carbonyl (C=O) groups is 1. The number of aromatic nitrogens is 3. The average Bonchev–Trinajstić information content (AvgIpc) is 2.78. The van der Waals surface area contributed by atoms with Crippen LogP contribution in [0.4, 0.5) is 5.69 Å². The van der Waals surface area contributed by atoms with Crippen molar-refractivity contribution in [3.8, 4) is 28.3 Å². The predicted octanol–water partition coefficient (Wildman–Crippen LogP) is 4.35. The van der Waals surface area contributed by atoms with Gasteiger partial charge in [0.1, 0.15) is 12.4 Å². The molecule has 0 aliphatic rings. The summed E-state index contributed by atoms with van der Waals surface area (Å²) >= 11 is 0. The van der Waals surface area contributed by atoms with Crippen molar-refractivity contribution in [2.45, 2.75) is 0 Å². The highest BCUT2D eigenvalue weighted by atomic mass is 16.1. The van der Waals surface area contributed by atoms with Gasteiger partial charge in [0, 0.05) is 40.8 Å². The summed E-state index contributed by atoms with van der Waals surface area (Å²) in [5.41, 5.74) is 5.44. The van der Waals surface area contributed by atoms with Gasteiger partial charge in [-0.25, -0.2) is 9.97 Å². The zero-order valence-electron chi connectivity index (χ0n) is 15.3. The fourth-order valence-electron chi connectivity index (χ4n) is 3.11. The van der Waals surface area contributed by atoms with E-state index < -0.39 is 0 Å². The second kappa shape index (κ2) is 7.71. The lowest BCUT2D eigenvalue weighted by Gasteiger charge is -2.11. The lowest BCUT2D eigenvalue weighted by atomic mass is 9.96. The molecule has 2 aromatic carbocycles. The first-order valence-corrected chi connectivity index (χ1v) is 8.81. The summed E-state index contributed by atoms with van der Waals surface area (Å²) < 4.78 is 0. The largest absolute Gasteiger partial charge is 0.323 e. The maximum Gasteiger partial charge on any atom is 0.247 e. The molecule has 6 heteroatoms. The van der Waals surface area contributed by atoms with Crippen LogP contribution < -0.4 is 5.32 Å². The number of pyridine rings is 1. The molecule has 4 rings (SSSR count). The van der Waals surface area contributed by atoms with Crippen LogP contribution in [0.5, 0.6) is 0 Å². The summed E-state index contributed by atoms with van der Waals surface area (Å²) in [6, 6.07) is 15.4. The second-order valence-electron chi connectivity index (χ2n) is 6.33. The van der Waals surface area contributed by atoms with Gasteiger partial charge in [-0.1, -0.05) is 18.7 Å². The fraction of sp³-hybridized carbons (Fsp3) is 0. The van der Waals surface area contributed by atoms with Gasteiger partial charge in [-0.3, -0.25) is 9.78 Å². The molecule has 0 spiro atoms. The van der Waals surface area contributed by atoms with Gasteiger partial charge in [-0.15, -0.1) is 0 Å². The number of nitrogens with zero attached hydrogens (tertiary/aromatic N) is 4. The van der Waals surface area contributed by atoms with E-state index in [0.717, 1.165) is 33.2 Å². The molecule has 0 unspecified atom stereocenters. The first kappa shape index (κ1) is 18.0. The minimum Gasteiger partial charge on any atom is -0.323 e. The van der Waals surface area contributed by atoms with E-state index in [9.17, 15) is 10.1 Å². The van der Waals surface area contributed by atoms with Crippen molar-refractivity contribution >= 4 is 22.5 Å². The predicted molar refractivity (Wildman–Crippen MR) is 112 cm³/mol. The molecular formula is C23H15N5O. The Morgan fingerprint density at radius 1 is 1.03 bits per heavy atom. The van der Waals surface area contributed by atoms with Crippen molar-refractivity contribution in [3.05, 3.63) is 85.6 Å². The summed E-state index contributed by atoms with van der Waals surface area (Å²) in [5, 5.41) is 12.8. The maximum atomic E-state index is 11.7.